The van der Waals surface area contributed by atoms with Gasteiger partial charge in [-0.3, -0.25) is 4.55 Å². The maximum Gasteiger partial charge on any atom is 1.00 e. The third-order valence-electron chi connectivity index (χ3n) is 1.42. The van der Waals surface area contributed by atoms with Gasteiger partial charge in [-0.1, -0.05) is 12.1 Å². The molecule has 4 nitrogen and oxygen atoms in total. The standard InChI is InChI=1S/C7H5NO3S.Na.H/c9-12(10)7-8-5-3-1-2-4-6(5)11-7;;/h1-4H,(H,9,10);;/q;+1;-1. The van der Waals surface area contributed by atoms with Crippen molar-refractivity contribution in [2.24, 2.45) is 0 Å². The van der Waals surface area contributed by atoms with Crippen LogP contribution in [0, 0.1) is 0 Å². The van der Waals surface area contributed by atoms with Crippen LogP contribution in [0.25, 0.3) is 11.1 Å². The van der Waals surface area contributed by atoms with Crippen molar-refractivity contribution < 1.29 is 44.2 Å². The number of para-hydroxylation sites is 2. The van der Waals surface area contributed by atoms with E-state index in [1.807, 2.05) is 0 Å². The summed E-state index contributed by atoms with van der Waals surface area (Å²) in [5, 5.41) is -0.156. The van der Waals surface area contributed by atoms with Gasteiger partial charge in [-0.2, -0.15) is 4.98 Å². The Bertz CT molecular complexity index is 414. The molecule has 1 atom stereocenters. The zero-order valence-corrected chi connectivity index (χ0v) is 9.75. The van der Waals surface area contributed by atoms with Crippen molar-refractivity contribution in [3.8, 4) is 0 Å². The molecule has 1 N–H and O–H groups in total. The van der Waals surface area contributed by atoms with Gasteiger partial charge in [-0.25, -0.2) is 4.21 Å². The molecule has 0 aliphatic rings. The van der Waals surface area contributed by atoms with Gasteiger partial charge >= 0.3 is 34.8 Å². The zero-order chi connectivity index (χ0) is 8.55. The second-order valence-corrected chi connectivity index (χ2v) is 3.04. The molecule has 6 heteroatoms. The van der Waals surface area contributed by atoms with Crippen LogP contribution in [-0.2, 0) is 11.1 Å². The van der Waals surface area contributed by atoms with Crippen LogP contribution in [0.5, 0.6) is 0 Å². The summed E-state index contributed by atoms with van der Waals surface area (Å²) in [6.07, 6.45) is 0. The number of benzene rings is 1. The van der Waals surface area contributed by atoms with Gasteiger partial charge in [0.2, 0.25) is 11.1 Å². The number of rotatable bonds is 1. The molecule has 64 valence electrons. The van der Waals surface area contributed by atoms with Gasteiger partial charge in [0.05, 0.1) is 0 Å². The molecule has 2 rings (SSSR count). The molecule has 1 aromatic carbocycles. The summed E-state index contributed by atoms with van der Waals surface area (Å²) in [6.45, 7) is 0. The van der Waals surface area contributed by atoms with Crippen LogP contribution in [0.3, 0.4) is 0 Å². The largest absolute Gasteiger partial charge is 1.00 e. The minimum Gasteiger partial charge on any atom is -1.00 e. The van der Waals surface area contributed by atoms with E-state index in [0.29, 0.717) is 11.1 Å². The molecule has 2 aromatic rings. The first-order valence-corrected chi connectivity index (χ1v) is 4.34. The van der Waals surface area contributed by atoms with E-state index in [4.69, 9.17) is 8.97 Å². The second-order valence-electron chi connectivity index (χ2n) is 2.20. The van der Waals surface area contributed by atoms with E-state index in [0.717, 1.165) is 0 Å². The zero-order valence-electron chi connectivity index (χ0n) is 7.93. The number of oxazole rings is 1. The van der Waals surface area contributed by atoms with Crippen molar-refractivity contribution in [2.45, 2.75) is 5.22 Å². The molecule has 1 heterocycles. The van der Waals surface area contributed by atoms with Gasteiger partial charge in [0, 0.05) is 0 Å². The topological polar surface area (TPSA) is 63.3 Å². The molecule has 0 aliphatic heterocycles. The molecule has 1 aromatic heterocycles. The average molecular weight is 207 g/mol. The van der Waals surface area contributed by atoms with Crippen molar-refractivity contribution in [1.82, 2.24) is 4.98 Å². The smallest absolute Gasteiger partial charge is 1.00 e. The third-order valence-corrected chi connectivity index (χ3v) is 1.90. The van der Waals surface area contributed by atoms with E-state index in [1.165, 1.54) is 0 Å². The summed E-state index contributed by atoms with van der Waals surface area (Å²) < 4.78 is 24.1. The summed E-state index contributed by atoms with van der Waals surface area (Å²) in [5.74, 6) is 0. The van der Waals surface area contributed by atoms with Crippen molar-refractivity contribution in [1.29, 1.82) is 0 Å². The summed E-state index contributed by atoms with van der Waals surface area (Å²) in [6, 6.07) is 6.97. The van der Waals surface area contributed by atoms with Gasteiger partial charge in [0.1, 0.15) is 5.52 Å². The fourth-order valence-corrected chi connectivity index (χ4v) is 1.26. The SMILES string of the molecule is O=S(O)c1nc2ccccc2o1.[H-].[Na+]. The normalized spacial score (nSPS) is 12.4. The summed E-state index contributed by atoms with van der Waals surface area (Å²) in [7, 11) is 0. The van der Waals surface area contributed by atoms with E-state index in [-0.39, 0.29) is 36.2 Å². The monoisotopic (exact) mass is 207 g/mol. The van der Waals surface area contributed by atoms with Gasteiger partial charge in [0.15, 0.2) is 5.58 Å². The molecule has 0 bridgehead atoms. The Morgan fingerprint density at radius 3 is 2.77 bits per heavy atom. The summed E-state index contributed by atoms with van der Waals surface area (Å²) in [4.78, 5) is 3.80. The first-order chi connectivity index (χ1) is 5.77. The summed E-state index contributed by atoms with van der Waals surface area (Å²) in [5.41, 5.74) is 1.12. The fourth-order valence-electron chi connectivity index (χ4n) is 0.926. The minimum absolute atomic E-state index is 0. The third kappa shape index (κ3) is 2.18. The quantitative estimate of drug-likeness (QED) is 0.458. The number of hydrogen-bond donors (Lipinski definition) is 1. The number of fused-ring (bicyclic) bond motifs is 1. The molecule has 0 radical (unpaired) electrons. The van der Waals surface area contributed by atoms with Gasteiger partial charge in [0.25, 0.3) is 0 Å². The molecule has 13 heavy (non-hydrogen) atoms. The van der Waals surface area contributed by atoms with Crippen molar-refractivity contribution in [3.63, 3.8) is 0 Å². The molecule has 0 fully saturated rings. The van der Waals surface area contributed by atoms with Crippen LogP contribution < -0.4 is 29.6 Å². The van der Waals surface area contributed by atoms with Crippen molar-refractivity contribution >= 4 is 22.2 Å². The Balaban J connectivity index is 0.000000845. The Morgan fingerprint density at radius 1 is 1.46 bits per heavy atom. The predicted molar refractivity (Wildman–Crippen MR) is 44.2 cm³/mol. The summed E-state index contributed by atoms with van der Waals surface area (Å²) >= 11 is -2.14. The average Bonchev–Trinajstić information content (AvgIpc) is 2.46. The Kier molecular flexibility index (Phi) is 3.63. The first-order valence-electron chi connectivity index (χ1n) is 3.24. The molecular formula is C7H6NNaO3S. The number of aromatic nitrogens is 1. The van der Waals surface area contributed by atoms with Crippen LogP contribution in [0.1, 0.15) is 1.43 Å². The fraction of sp³-hybridized carbons (Fsp3) is 0. The Labute approximate surface area is 100 Å². The predicted octanol–water partition coefficient (Wildman–Crippen LogP) is -1.48. The minimum atomic E-state index is -2.14. The molecule has 1 unspecified atom stereocenters. The molecule has 0 saturated heterocycles. The van der Waals surface area contributed by atoms with Gasteiger partial charge < -0.3 is 5.84 Å². The number of hydrogen-bond acceptors (Lipinski definition) is 3. The Hall–Kier alpha value is -0.200. The van der Waals surface area contributed by atoms with E-state index in [1.54, 1.807) is 24.3 Å². The van der Waals surface area contributed by atoms with Gasteiger partial charge in [-0.15, -0.1) is 0 Å². The van der Waals surface area contributed by atoms with Crippen LogP contribution in [0.4, 0.5) is 0 Å². The Morgan fingerprint density at radius 2 is 2.15 bits per heavy atom. The van der Waals surface area contributed by atoms with Gasteiger partial charge in [-0.05, 0) is 12.1 Å². The first kappa shape index (κ1) is 10.9. The van der Waals surface area contributed by atoms with Crippen LogP contribution in [0.2, 0.25) is 0 Å². The molecule has 0 saturated carbocycles. The molecule has 0 amide bonds. The van der Waals surface area contributed by atoms with Crippen LogP contribution in [0.15, 0.2) is 33.9 Å². The van der Waals surface area contributed by atoms with Crippen molar-refractivity contribution in [2.75, 3.05) is 0 Å². The van der Waals surface area contributed by atoms with E-state index in [2.05, 4.69) is 4.98 Å². The van der Waals surface area contributed by atoms with Crippen molar-refractivity contribution in [3.05, 3.63) is 24.3 Å². The van der Waals surface area contributed by atoms with Crippen LogP contribution >= 0.6 is 0 Å². The van der Waals surface area contributed by atoms with Crippen LogP contribution in [-0.4, -0.2) is 13.7 Å². The molecule has 0 spiro atoms. The van der Waals surface area contributed by atoms with E-state index < -0.39 is 11.1 Å². The maximum absolute atomic E-state index is 10.5. The van der Waals surface area contributed by atoms with E-state index >= 15 is 0 Å². The molecular weight excluding hydrogens is 201 g/mol. The maximum atomic E-state index is 10.5. The second kappa shape index (κ2) is 4.34. The van der Waals surface area contributed by atoms with E-state index in [9.17, 15) is 4.21 Å². The molecule has 0 aliphatic carbocycles. The number of nitrogens with zero attached hydrogens (tertiary/aromatic N) is 1.